The number of carboxylic acids is 1. The van der Waals surface area contributed by atoms with E-state index in [0.717, 1.165) is 0 Å². The van der Waals surface area contributed by atoms with E-state index >= 15 is 0 Å². The van der Waals surface area contributed by atoms with Crippen LogP contribution in [0, 0.1) is 0 Å². The van der Waals surface area contributed by atoms with Gasteiger partial charge in [-0.3, -0.25) is 14.5 Å². The molecule has 0 radical (unpaired) electrons. The molecule has 1 aromatic carbocycles. The van der Waals surface area contributed by atoms with Crippen molar-refractivity contribution in [3.63, 3.8) is 0 Å². The topological polar surface area (TPSA) is 98.7 Å². The van der Waals surface area contributed by atoms with Crippen molar-refractivity contribution in [3.05, 3.63) is 30.3 Å². The van der Waals surface area contributed by atoms with E-state index < -0.39 is 12.0 Å². The van der Waals surface area contributed by atoms with Crippen molar-refractivity contribution >= 4 is 23.6 Å². The van der Waals surface area contributed by atoms with Gasteiger partial charge in [0.15, 0.2) is 0 Å². The van der Waals surface area contributed by atoms with Gasteiger partial charge >= 0.3 is 12.0 Å². The van der Waals surface area contributed by atoms with Gasteiger partial charge in [-0.1, -0.05) is 18.2 Å². The Balaban J connectivity index is 2.69. The highest BCUT2D eigenvalue weighted by Gasteiger charge is 2.17. The Hall–Kier alpha value is -2.57. The summed E-state index contributed by atoms with van der Waals surface area (Å²) in [5.74, 6) is -1.29. The van der Waals surface area contributed by atoms with Crippen LogP contribution >= 0.6 is 0 Å². The van der Waals surface area contributed by atoms with Gasteiger partial charge in [0, 0.05) is 18.8 Å². The Morgan fingerprint density at radius 1 is 1.14 bits per heavy atom. The van der Waals surface area contributed by atoms with Gasteiger partial charge in [-0.25, -0.2) is 4.79 Å². The molecular weight excluding hydrogens is 274 g/mol. The summed E-state index contributed by atoms with van der Waals surface area (Å²) in [7, 11) is 0. The number of para-hydroxylation sites is 1. The fourth-order valence-corrected chi connectivity index (χ4v) is 1.67. The number of rotatable bonds is 7. The van der Waals surface area contributed by atoms with Crippen molar-refractivity contribution in [2.75, 3.05) is 24.5 Å². The summed E-state index contributed by atoms with van der Waals surface area (Å²) in [5.41, 5.74) is 0.576. The third-order valence-electron chi connectivity index (χ3n) is 2.64. The second-order valence-corrected chi connectivity index (χ2v) is 4.24. The van der Waals surface area contributed by atoms with Crippen molar-refractivity contribution in [3.8, 4) is 0 Å². The van der Waals surface area contributed by atoms with Crippen LogP contribution in [0.4, 0.5) is 10.5 Å². The van der Waals surface area contributed by atoms with Gasteiger partial charge in [-0.05, 0) is 19.1 Å². The average molecular weight is 293 g/mol. The van der Waals surface area contributed by atoms with E-state index in [1.54, 1.807) is 37.3 Å². The molecule has 0 aromatic heterocycles. The lowest BCUT2D eigenvalue weighted by Crippen LogP contribution is -2.45. The smallest absolute Gasteiger partial charge is 0.322 e. The van der Waals surface area contributed by atoms with Gasteiger partial charge < -0.3 is 15.7 Å². The molecule has 114 valence electrons. The Bertz CT molecular complexity index is 490. The quantitative estimate of drug-likeness (QED) is 0.693. The van der Waals surface area contributed by atoms with Crippen LogP contribution < -0.4 is 15.5 Å². The van der Waals surface area contributed by atoms with Crippen molar-refractivity contribution in [2.45, 2.75) is 13.3 Å². The van der Waals surface area contributed by atoms with E-state index in [1.165, 1.54) is 4.90 Å². The number of carbonyl (C=O) groups is 3. The molecule has 0 aliphatic carbocycles. The summed E-state index contributed by atoms with van der Waals surface area (Å²) in [4.78, 5) is 35.4. The lowest BCUT2D eigenvalue weighted by atomic mass is 10.2. The molecule has 0 bridgehead atoms. The van der Waals surface area contributed by atoms with Gasteiger partial charge in [0.25, 0.3) is 0 Å². The molecule has 1 rings (SSSR count). The maximum absolute atomic E-state index is 12.1. The first-order valence-corrected chi connectivity index (χ1v) is 6.63. The number of likely N-dealkylation sites (N-methyl/N-ethyl adjacent to an activating group) is 1. The highest BCUT2D eigenvalue weighted by molar-refractivity contribution is 5.94. The zero-order chi connectivity index (χ0) is 15.7. The van der Waals surface area contributed by atoms with Gasteiger partial charge in [0.2, 0.25) is 5.91 Å². The van der Waals surface area contributed by atoms with Crippen LogP contribution in [-0.2, 0) is 9.59 Å². The molecule has 3 amide bonds. The normalized spacial score (nSPS) is 9.76. The predicted octanol–water partition coefficient (Wildman–Crippen LogP) is 0.813. The second kappa shape index (κ2) is 8.57. The fourth-order valence-electron chi connectivity index (χ4n) is 1.67. The van der Waals surface area contributed by atoms with Crippen LogP contribution in [0.1, 0.15) is 13.3 Å². The first kappa shape index (κ1) is 16.5. The molecule has 0 fully saturated rings. The SMILES string of the molecule is CCNC(=O)CNC(=O)N(CCC(=O)O)c1ccccc1. The number of urea groups is 1. The number of benzene rings is 1. The Labute approximate surface area is 122 Å². The minimum atomic E-state index is -0.993. The number of aliphatic carboxylic acids is 1. The minimum Gasteiger partial charge on any atom is -0.481 e. The monoisotopic (exact) mass is 293 g/mol. The zero-order valence-electron chi connectivity index (χ0n) is 11.8. The van der Waals surface area contributed by atoms with Gasteiger partial charge in [-0.15, -0.1) is 0 Å². The molecule has 7 heteroatoms. The zero-order valence-corrected chi connectivity index (χ0v) is 11.8. The van der Waals surface area contributed by atoms with E-state index in [9.17, 15) is 14.4 Å². The Morgan fingerprint density at radius 2 is 1.81 bits per heavy atom. The van der Waals surface area contributed by atoms with Crippen LogP contribution in [0.25, 0.3) is 0 Å². The number of anilines is 1. The molecule has 0 saturated carbocycles. The van der Waals surface area contributed by atoms with E-state index in [1.807, 2.05) is 0 Å². The summed E-state index contributed by atoms with van der Waals surface area (Å²) in [6, 6.07) is 8.20. The van der Waals surface area contributed by atoms with E-state index in [0.29, 0.717) is 12.2 Å². The highest BCUT2D eigenvalue weighted by atomic mass is 16.4. The number of nitrogens with one attached hydrogen (secondary N) is 2. The van der Waals surface area contributed by atoms with Gasteiger partial charge in [-0.2, -0.15) is 0 Å². The summed E-state index contributed by atoms with van der Waals surface area (Å²) >= 11 is 0. The minimum absolute atomic E-state index is 0.0284. The largest absolute Gasteiger partial charge is 0.481 e. The summed E-state index contributed by atoms with van der Waals surface area (Å²) in [5, 5.41) is 13.8. The molecule has 7 nitrogen and oxygen atoms in total. The van der Waals surface area contributed by atoms with Crippen molar-refractivity contribution in [1.82, 2.24) is 10.6 Å². The first-order valence-electron chi connectivity index (χ1n) is 6.63. The number of amides is 3. The maximum atomic E-state index is 12.1. The van der Waals surface area contributed by atoms with E-state index in [4.69, 9.17) is 5.11 Å². The fraction of sp³-hybridized carbons (Fsp3) is 0.357. The molecule has 0 aliphatic heterocycles. The van der Waals surface area contributed by atoms with Crippen LogP contribution in [0.3, 0.4) is 0 Å². The van der Waals surface area contributed by atoms with Crippen molar-refractivity contribution in [1.29, 1.82) is 0 Å². The number of hydrogen-bond donors (Lipinski definition) is 3. The highest BCUT2D eigenvalue weighted by Crippen LogP contribution is 2.13. The average Bonchev–Trinajstić information content (AvgIpc) is 2.46. The molecule has 0 saturated heterocycles. The summed E-state index contributed by atoms with van der Waals surface area (Å²) in [6.45, 7) is 2.14. The maximum Gasteiger partial charge on any atom is 0.322 e. The molecule has 21 heavy (non-hydrogen) atoms. The lowest BCUT2D eigenvalue weighted by molar-refractivity contribution is -0.136. The van der Waals surface area contributed by atoms with E-state index in [2.05, 4.69) is 10.6 Å². The second-order valence-electron chi connectivity index (χ2n) is 4.24. The van der Waals surface area contributed by atoms with Crippen molar-refractivity contribution < 1.29 is 19.5 Å². The van der Waals surface area contributed by atoms with Crippen LogP contribution in [0.15, 0.2) is 30.3 Å². The van der Waals surface area contributed by atoms with Crippen molar-refractivity contribution in [2.24, 2.45) is 0 Å². The Morgan fingerprint density at radius 3 is 2.38 bits per heavy atom. The molecule has 0 atom stereocenters. The molecule has 0 unspecified atom stereocenters. The summed E-state index contributed by atoms with van der Waals surface area (Å²) in [6.07, 6.45) is -0.177. The van der Waals surface area contributed by atoms with Gasteiger partial charge in [0.05, 0.1) is 13.0 Å². The number of carbonyl (C=O) groups excluding carboxylic acids is 2. The molecular formula is C14H19N3O4. The lowest BCUT2D eigenvalue weighted by Gasteiger charge is -2.22. The van der Waals surface area contributed by atoms with Crippen LogP contribution in [0.5, 0.6) is 0 Å². The van der Waals surface area contributed by atoms with Gasteiger partial charge in [0.1, 0.15) is 0 Å². The summed E-state index contributed by atoms with van der Waals surface area (Å²) < 4.78 is 0. The third-order valence-corrected chi connectivity index (χ3v) is 2.64. The molecule has 1 aromatic rings. The third kappa shape index (κ3) is 5.94. The molecule has 0 heterocycles. The first-order chi connectivity index (χ1) is 10.0. The number of carboxylic acid groups (broad SMARTS) is 1. The molecule has 0 spiro atoms. The van der Waals surface area contributed by atoms with Crippen LogP contribution in [-0.4, -0.2) is 42.6 Å². The molecule has 0 aliphatic rings. The van der Waals surface area contributed by atoms with Crippen LogP contribution in [0.2, 0.25) is 0 Å². The number of nitrogens with zero attached hydrogens (tertiary/aromatic N) is 1. The predicted molar refractivity (Wildman–Crippen MR) is 78.1 cm³/mol. The standard InChI is InChI=1S/C14H19N3O4/c1-2-15-12(18)10-16-14(21)17(9-8-13(19)20)11-6-4-3-5-7-11/h3-7H,2,8-10H2,1H3,(H,15,18)(H,16,21)(H,19,20). The van der Waals surface area contributed by atoms with E-state index in [-0.39, 0.29) is 25.4 Å². The molecule has 3 N–H and O–H groups in total. The Kier molecular flexibility index (Phi) is 6.73. The number of hydrogen-bond acceptors (Lipinski definition) is 3.